The molecule has 2 atom stereocenters. The second kappa shape index (κ2) is 5.45. The lowest BCUT2D eigenvalue weighted by atomic mass is 9.74. The summed E-state index contributed by atoms with van der Waals surface area (Å²) in [5, 5.41) is 9.65. The SMILES string of the molecule is CC1(C)CCCC(N2Cc3ccccc3CC2C(=O)O)C1. The van der Waals surface area contributed by atoms with Crippen molar-refractivity contribution in [3.63, 3.8) is 0 Å². The topological polar surface area (TPSA) is 40.5 Å². The molecule has 1 aliphatic heterocycles. The maximum atomic E-state index is 11.7. The minimum Gasteiger partial charge on any atom is -0.480 e. The minimum atomic E-state index is -0.673. The molecule has 0 radical (unpaired) electrons. The molecule has 3 rings (SSSR count). The van der Waals surface area contributed by atoms with Gasteiger partial charge in [0.1, 0.15) is 6.04 Å². The number of nitrogens with zero attached hydrogens (tertiary/aromatic N) is 1. The van der Waals surface area contributed by atoms with Crippen LogP contribution in [0, 0.1) is 5.41 Å². The van der Waals surface area contributed by atoms with E-state index in [-0.39, 0.29) is 6.04 Å². The summed E-state index contributed by atoms with van der Waals surface area (Å²) in [6.45, 7) is 5.41. The first-order chi connectivity index (χ1) is 9.96. The van der Waals surface area contributed by atoms with E-state index in [1.807, 2.05) is 6.07 Å². The summed E-state index contributed by atoms with van der Waals surface area (Å²) in [4.78, 5) is 14.0. The molecule has 1 fully saturated rings. The fourth-order valence-corrected chi connectivity index (χ4v) is 4.10. The van der Waals surface area contributed by atoms with Gasteiger partial charge in [0.25, 0.3) is 0 Å². The van der Waals surface area contributed by atoms with Crippen LogP contribution >= 0.6 is 0 Å². The molecule has 0 saturated heterocycles. The summed E-state index contributed by atoms with van der Waals surface area (Å²) in [5.74, 6) is -0.673. The van der Waals surface area contributed by atoms with E-state index >= 15 is 0 Å². The van der Waals surface area contributed by atoms with Gasteiger partial charge in [-0.15, -0.1) is 0 Å². The molecule has 2 unspecified atom stereocenters. The van der Waals surface area contributed by atoms with Crippen molar-refractivity contribution in [2.75, 3.05) is 0 Å². The van der Waals surface area contributed by atoms with Crippen molar-refractivity contribution < 1.29 is 9.90 Å². The van der Waals surface area contributed by atoms with Crippen molar-refractivity contribution in [1.29, 1.82) is 0 Å². The highest BCUT2D eigenvalue weighted by Gasteiger charge is 2.39. The Kier molecular flexibility index (Phi) is 3.78. The molecule has 1 heterocycles. The highest BCUT2D eigenvalue weighted by molar-refractivity contribution is 5.74. The Labute approximate surface area is 127 Å². The van der Waals surface area contributed by atoms with E-state index in [0.717, 1.165) is 19.4 Å². The summed E-state index contributed by atoms with van der Waals surface area (Å²) < 4.78 is 0. The van der Waals surface area contributed by atoms with Gasteiger partial charge in [-0.1, -0.05) is 44.5 Å². The third kappa shape index (κ3) is 2.98. The lowest BCUT2D eigenvalue weighted by Crippen LogP contribution is -2.52. The zero-order valence-electron chi connectivity index (χ0n) is 13.0. The number of aliphatic carboxylic acids is 1. The molecule has 1 saturated carbocycles. The van der Waals surface area contributed by atoms with Crippen LogP contribution in [0.3, 0.4) is 0 Å². The maximum Gasteiger partial charge on any atom is 0.321 e. The molecule has 21 heavy (non-hydrogen) atoms. The third-order valence-electron chi connectivity index (χ3n) is 5.22. The van der Waals surface area contributed by atoms with Gasteiger partial charge in [0.2, 0.25) is 0 Å². The van der Waals surface area contributed by atoms with Crippen LogP contribution in [-0.4, -0.2) is 28.1 Å². The number of carbonyl (C=O) groups is 1. The predicted molar refractivity (Wildman–Crippen MR) is 83.1 cm³/mol. The van der Waals surface area contributed by atoms with Crippen molar-refractivity contribution in [3.05, 3.63) is 35.4 Å². The second-order valence-electron chi connectivity index (χ2n) is 7.41. The first-order valence-electron chi connectivity index (χ1n) is 8.02. The molecule has 1 N–H and O–H groups in total. The van der Waals surface area contributed by atoms with E-state index in [1.165, 1.54) is 24.0 Å². The molecule has 3 heteroatoms. The number of hydrogen-bond donors (Lipinski definition) is 1. The molecule has 1 aromatic rings. The van der Waals surface area contributed by atoms with Crippen LogP contribution in [0.4, 0.5) is 0 Å². The van der Waals surface area contributed by atoms with Crippen LogP contribution in [0.5, 0.6) is 0 Å². The molecule has 1 aromatic carbocycles. The van der Waals surface area contributed by atoms with Gasteiger partial charge in [0.05, 0.1) is 0 Å². The zero-order chi connectivity index (χ0) is 15.0. The number of hydrogen-bond acceptors (Lipinski definition) is 2. The van der Waals surface area contributed by atoms with Gasteiger partial charge in [0, 0.05) is 12.6 Å². The van der Waals surface area contributed by atoms with Gasteiger partial charge < -0.3 is 5.11 Å². The summed E-state index contributed by atoms with van der Waals surface area (Å²) in [6, 6.07) is 8.34. The Balaban J connectivity index is 1.87. The maximum absolute atomic E-state index is 11.7. The van der Waals surface area contributed by atoms with E-state index in [1.54, 1.807) is 0 Å². The van der Waals surface area contributed by atoms with Crippen LogP contribution in [0.2, 0.25) is 0 Å². The molecule has 3 nitrogen and oxygen atoms in total. The zero-order valence-corrected chi connectivity index (χ0v) is 13.0. The summed E-state index contributed by atoms with van der Waals surface area (Å²) in [6.07, 6.45) is 5.35. The predicted octanol–water partition coefficient (Wildman–Crippen LogP) is 3.47. The van der Waals surface area contributed by atoms with Crippen LogP contribution in [0.15, 0.2) is 24.3 Å². The normalized spacial score (nSPS) is 28.9. The number of carboxylic acid groups (broad SMARTS) is 1. The van der Waals surface area contributed by atoms with Crippen molar-refractivity contribution in [2.24, 2.45) is 5.41 Å². The van der Waals surface area contributed by atoms with E-state index in [2.05, 4.69) is 36.9 Å². The van der Waals surface area contributed by atoms with E-state index in [0.29, 0.717) is 17.9 Å². The Morgan fingerprint density at radius 1 is 1.29 bits per heavy atom. The lowest BCUT2D eigenvalue weighted by Gasteiger charge is -2.45. The fourth-order valence-electron chi connectivity index (χ4n) is 4.10. The molecule has 114 valence electrons. The smallest absolute Gasteiger partial charge is 0.321 e. The van der Waals surface area contributed by atoms with Gasteiger partial charge in [0.15, 0.2) is 0 Å². The molecule has 2 aliphatic rings. The van der Waals surface area contributed by atoms with Crippen molar-refractivity contribution in [1.82, 2.24) is 4.90 Å². The van der Waals surface area contributed by atoms with Crippen LogP contribution in [0.25, 0.3) is 0 Å². The first kappa shape index (κ1) is 14.6. The van der Waals surface area contributed by atoms with Crippen molar-refractivity contribution >= 4 is 5.97 Å². The Hall–Kier alpha value is -1.35. The van der Waals surface area contributed by atoms with E-state index in [4.69, 9.17) is 0 Å². The second-order valence-corrected chi connectivity index (χ2v) is 7.41. The van der Waals surface area contributed by atoms with Gasteiger partial charge in [-0.05, 0) is 42.2 Å². The molecule has 1 aliphatic carbocycles. The highest BCUT2D eigenvalue weighted by Crippen LogP contribution is 2.39. The number of benzene rings is 1. The van der Waals surface area contributed by atoms with Gasteiger partial charge in [-0.2, -0.15) is 0 Å². The van der Waals surface area contributed by atoms with Gasteiger partial charge >= 0.3 is 5.97 Å². The average Bonchev–Trinajstić information content (AvgIpc) is 2.44. The van der Waals surface area contributed by atoms with Crippen LogP contribution < -0.4 is 0 Å². The average molecular weight is 287 g/mol. The molecule has 0 bridgehead atoms. The van der Waals surface area contributed by atoms with Crippen molar-refractivity contribution in [2.45, 2.75) is 64.6 Å². The van der Waals surface area contributed by atoms with Crippen LogP contribution in [-0.2, 0) is 17.8 Å². The lowest BCUT2D eigenvalue weighted by molar-refractivity contribution is -0.146. The number of rotatable bonds is 2. The molecule has 0 spiro atoms. The highest BCUT2D eigenvalue weighted by atomic mass is 16.4. The largest absolute Gasteiger partial charge is 0.480 e. The fraction of sp³-hybridized carbons (Fsp3) is 0.611. The quantitative estimate of drug-likeness (QED) is 0.905. The monoisotopic (exact) mass is 287 g/mol. The molecular weight excluding hydrogens is 262 g/mol. The van der Waals surface area contributed by atoms with E-state index in [9.17, 15) is 9.90 Å². The number of fused-ring (bicyclic) bond motifs is 1. The number of carboxylic acids is 1. The Morgan fingerprint density at radius 2 is 2.00 bits per heavy atom. The van der Waals surface area contributed by atoms with Crippen LogP contribution in [0.1, 0.15) is 50.7 Å². The Morgan fingerprint density at radius 3 is 2.67 bits per heavy atom. The summed E-state index contributed by atoms with van der Waals surface area (Å²) >= 11 is 0. The third-order valence-corrected chi connectivity index (χ3v) is 5.22. The summed E-state index contributed by atoms with van der Waals surface area (Å²) in [5.41, 5.74) is 2.85. The summed E-state index contributed by atoms with van der Waals surface area (Å²) in [7, 11) is 0. The molecular formula is C18H25NO2. The molecule has 0 aromatic heterocycles. The molecule has 0 amide bonds. The van der Waals surface area contributed by atoms with E-state index < -0.39 is 5.97 Å². The standard InChI is InChI=1S/C18H25NO2/c1-18(2)9-5-8-15(11-18)19-12-14-7-4-3-6-13(14)10-16(19)17(20)21/h3-4,6-7,15-16H,5,8-12H2,1-2H3,(H,20,21). The van der Waals surface area contributed by atoms with Gasteiger partial charge in [-0.3, -0.25) is 9.69 Å². The first-order valence-corrected chi connectivity index (χ1v) is 8.02. The van der Waals surface area contributed by atoms with Crippen molar-refractivity contribution in [3.8, 4) is 0 Å². The minimum absolute atomic E-state index is 0.336. The Bertz CT molecular complexity index is 538. The van der Waals surface area contributed by atoms with Gasteiger partial charge in [-0.25, -0.2) is 0 Å².